The Hall–Kier alpha value is -2.42. The molecule has 0 bridgehead atoms. The van der Waals surface area contributed by atoms with Gasteiger partial charge in [0.1, 0.15) is 5.75 Å². The van der Waals surface area contributed by atoms with Crippen LogP contribution in [-0.4, -0.2) is 11.0 Å². The van der Waals surface area contributed by atoms with Crippen molar-refractivity contribution in [1.82, 2.24) is 0 Å². The summed E-state index contributed by atoms with van der Waals surface area (Å²) in [5.74, 6) is -1.48. The fraction of sp³-hybridized carbons (Fsp3) is 0.188. The predicted molar refractivity (Wildman–Crippen MR) is 82.3 cm³/mol. The second-order valence-corrected chi connectivity index (χ2v) is 5.77. The number of aryl methyl sites for hydroxylation is 1. The minimum atomic E-state index is -5.06. The average molecular weight is 398 g/mol. The number of benzene rings is 2. The molecule has 0 aliphatic carbocycles. The van der Waals surface area contributed by atoms with E-state index in [1.165, 1.54) is 13.0 Å². The summed E-state index contributed by atoms with van der Waals surface area (Å²) in [5, 5.41) is 11.5. The van der Waals surface area contributed by atoms with Crippen LogP contribution in [0.1, 0.15) is 27.0 Å². The minimum Gasteiger partial charge on any atom is -0.506 e. The second kappa shape index (κ2) is 6.71. The number of anilines is 1. The van der Waals surface area contributed by atoms with Gasteiger partial charge < -0.3 is 10.4 Å². The van der Waals surface area contributed by atoms with Gasteiger partial charge in [-0.05, 0) is 42.8 Å². The molecule has 2 N–H and O–H groups in total. The number of nitrogens with one attached hydrogen (secondary N) is 1. The van der Waals surface area contributed by atoms with E-state index < -0.39 is 35.0 Å². The summed E-state index contributed by atoms with van der Waals surface area (Å²) >= 11 is 5.69. The van der Waals surface area contributed by atoms with Crippen molar-refractivity contribution in [3.8, 4) is 5.75 Å². The largest absolute Gasteiger partial charge is 0.506 e. The number of halogens is 7. The minimum absolute atomic E-state index is 0.0313. The van der Waals surface area contributed by atoms with Gasteiger partial charge in [-0.2, -0.15) is 26.3 Å². The van der Waals surface area contributed by atoms with Crippen molar-refractivity contribution >= 4 is 23.2 Å². The average Bonchev–Trinajstić information content (AvgIpc) is 2.50. The van der Waals surface area contributed by atoms with Gasteiger partial charge in [-0.3, -0.25) is 4.79 Å². The SMILES string of the molecule is Cc1cc(O)c(Cl)cc1NC(=O)c1cc(C(F)(F)F)cc(C(F)(F)F)c1. The van der Waals surface area contributed by atoms with Crippen molar-refractivity contribution in [2.45, 2.75) is 19.3 Å². The molecule has 0 aliphatic heterocycles. The number of aromatic hydroxyl groups is 1. The maximum atomic E-state index is 12.8. The number of hydrogen-bond donors (Lipinski definition) is 2. The predicted octanol–water partition coefficient (Wildman–Crippen LogP) is 5.64. The number of alkyl halides is 6. The molecule has 140 valence electrons. The molecule has 0 aromatic heterocycles. The van der Waals surface area contributed by atoms with Crippen LogP contribution in [0.2, 0.25) is 5.02 Å². The van der Waals surface area contributed by atoms with E-state index in [0.29, 0.717) is 17.7 Å². The summed E-state index contributed by atoms with van der Waals surface area (Å²) in [6.07, 6.45) is -10.1. The lowest BCUT2D eigenvalue weighted by Crippen LogP contribution is -2.17. The highest BCUT2D eigenvalue weighted by molar-refractivity contribution is 6.32. The van der Waals surface area contributed by atoms with Gasteiger partial charge in [0, 0.05) is 11.3 Å². The summed E-state index contributed by atoms with van der Waals surface area (Å²) in [6, 6.07) is 2.89. The summed E-state index contributed by atoms with van der Waals surface area (Å²) in [6.45, 7) is 1.46. The van der Waals surface area contributed by atoms with E-state index in [9.17, 15) is 36.2 Å². The molecular weight excluding hydrogens is 388 g/mol. The van der Waals surface area contributed by atoms with E-state index in [4.69, 9.17) is 11.6 Å². The van der Waals surface area contributed by atoms with Gasteiger partial charge in [0.2, 0.25) is 0 Å². The number of carbonyl (C=O) groups is 1. The monoisotopic (exact) mass is 397 g/mol. The van der Waals surface area contributed by atoms with Gasteiger partial charge in [0.15, 0.2) is 0 Å². The molecule has 3 nitrogen and oxygen atoms in total. The molecule has 1 amide bonds. The number of phenolic OH excluding ortho intramolecular Hbond substituents is 1. The van der Waals surface area contributed by atoms with Crippen LogP contribution in [0.4, 0.5) is 32.0 Å². The van der Waals surface area contributed by atoms with Gasteiger partial charge in [-0.15, -0.1) is 0 Å². The Morgan fingerprint density at radius 3 is 1.92 bits per heavy atom. The van der Waals surface area contributed by atoms with Crippen LogP contribution in [0, 0.1) is 6.92 Å². The number of amides is 1. The molecule has 0 unspecified atom stereocenters. The molecule has 10 heteroatoms. The molecule has 0 heterocycles. The molecule has 0 aliphatic rings. The molecule has 26 heavy (non-hydrogen) atoms. The van der Waals surface area contributed by atoms with Gasteiger partial charge in [0.25, 0.3) is 5.91 Å². The molecule has 2 rings (SSSR count). The zero-order valence-corrected chi connectivity index (χ0v) is 13.6. The quantitative estimate of drug-likeness (QED) is 0.508. The van der Waals surface area contributed by atoms with Gasteiger partial charge in [0.05, 0.1) is 16.1 Å². The molecule has 2 aromatic rings. The normalized spacial score (nSPS) is 12.2. The lowest BCUT2D eigenvalue weighted by molar-refractivity contribution is -0.143. The number of phenols is 1. The summed E-state index contributed by atoms with van der Waals surface area (Å²) in [4.78, 5) is 12.2. The van der Waals surface area contributed by atoms with Crippen LogP contribution in [0.3, 0.4) is 0 Å². The van der Waals surface area contributed by atoms with Crippen molar-refractivity contribution in [2.24, 2.45) is 0 Å². The summed E-state index contributed by atoms with van der Waals surface area (Å²) < 4.78 is 77.1. The molecule has 0 spiro atoms. The first-order valence-corrected chi connectivity index (χ1v) is 7.27. The topological polar surface area (TPSA) is 49.3 Å². The molecular formula is C16H10ClF6NO2. The van der Waals surface area contributed by atoms with Gasteiger partial charge >= 0.3 is 12.4 Å². The third kappa shape index (κ3) is 4.40. The van der Waals surface area contributed by atoms with Crippen LogP contribution < -0.4 is 5.32 Å². The van der Waals surface area contributed by atoms with Crippen molar-refractivity contribution < 1.29 is 36.2 Å². The maximum absolute atomic E-state index is 12.8. The summed E-state index contributed by atoms with van der Waals surface area (Å²) in [5.41, 5.74) is -3.68. The van der Waals surface area contributed by atoms with E-state index in [1.54, 1.807) is 0 Å². The zero-order chi connectivity index (χ0) is 19.9. The molecule has 0 fully saturated rings. The van der Waals surface area contributed by atoms with Crippen LogP contribution >= 0.6 is 11.6 Å². The van der Waals surface area contributed by atoms with Crippen LogP contribution in [0.5, 0.6) is 5.75 Å². The first-order chi connectivity index (χ1) is 11.8. The van der Waals surface area contributed by atoms with Crippen LogP contribution in [0.15, 0.2) is 30.3 Å². The van der Waals surface area contributed by atoms with E-state index in [2.05, 4.69) is 5.32 Å². The lowest BCUT2D eigenvalue weighted by atomic mass is 10.0. The maximum Gasteiger partial charge on any atom is 0.416 e. The smallest absolute Gasteiger partial charge is 0.416 e. The van der Waals surface area contributed by atoms with E-state index in [1.807, 2.05) is 0 Å². The van der Waals surface area contributed by atoms with Crippen molar-refractivity contribution in [3.63, 3.8) is 0 Å². The fourth-order valence-corrected chi connectivity index (χ4v) is 2.25. The third-order valence-corrected chi connectivity index (χ3v) is 3.69. The molecule has 0 saturated carbocycles. The Balaban J connectivity index is 2.47. The fourth-order valence-electron chi connectivity index (χ4n) is 2.08. The summed E-state index contributed by atoms with van der Waals surface area (Å²) in [7, 11) is 0. The molecule has 0 atom stereocenters. The van der Waals surface area contributed by atoms with Crippen molar-refractivity contribution in [3.05, 3.63) is 57.6 Å². The number of carbonyl (C=O) groups excluding carboxylic acids is 1. The molecule has 0 saturated heterocycles. The Morgan fingerprint density at radius 2 is 1.46 bits per heavy atom. The number of rotatable bonds is 2. The Kier molecular flexibility index (Phi) is 5.14. The van der Waals surface area contributed by atoms with Crippen LogP contribution in [0.25, 0.3) is 0 Å². The molecule has 2 aromatic carbocycles. The zero-order valence-electron chi connectivity index (χ0n) is 12.9. The van der Waals surface area contributed by atoms with Gasteiger partial charge in [-0.25, -0.2) is 0 Å². The van der Waals surface area contributed by atoms with E-state index in [-0.39, 0.29) is 22.5 Å². The first kappa shape index (κ1) is 19.9. The van der Waals surface area contributed by atoms with Crippen molar-refractivity contribution in [1.29, 1.82) is 0 Å². The van der Waals surface area contributed by atoms with E-state index in [0.717, 1.165) is 6.07 Å². The van der Waals surface area contributed by atoms with E-state index >= 15 is 0 Å². The van der Waals surface area contributed by atoms with Crippen molar-refractivity contribution in [2.75, 3.05) is 5.32 Å². The third-order valence-electron chi connectivity index (χ3n) is 3.39. The second-order valence-electron chi connectivity index (χ2n) is 5.37. The highest BCUT2D eigenvalue weighted by Gasteiger charge is 2.37. The first-order valence-electron chi connectivity index (χ1n) is 6.89. The van der Waals surface area contributed by atoms with Gasteiger partial charge in [-0.1, -0.05) is 11.6 Å². The van der Waals surface area contributed by atoms with Crippen LogP contribution in [-0.2, 0) is 12.4 Å². The molecule has 0 radical (unpaired) electrons. The standard InChI is InChI=1S/C16H10ClF6NO2/c1-7-2-13(25)11(17)6-12(7)24-14(26)8-3-9(15(18,19)20)5-10(4-8)16(21,22)23/h2-6,25H,1H3,(H,24,26). The lowest BCUT2D eigenvalue weighted by Gasteiger charge is -2.15. The Bertz CT molecular complexity index is 829. The number of hydrogen-bond acceptors (Lipinski definition) is 2. The Morgan fingerprint density at radius 1 is 0.962 bits per heavy atom. The Labute approximate surface area is 148 Å². The highest BCUT2D eigenvalue weighted by Crippen LogP contribution is 2.37. The highest BCUT2D eigenvalue weighted by atomic mass is 35.5.